The summed E-state index contributed by atoms with van der Waals surface area (Å²) in [5, 5.41) is 3.56. The van der Waals surface area contributed by atoms with E-state index in [0.29, 0.717) is 6.04 Å². The van der Waals surface area contributed by atoms with Crippen molar-refractivity contribution in [3.63, 3.8) is 0 Å². The van der Waals surface area contributed by atoms with E-state index in [0.717, 1.165) is 12.2 Å². The van der Waals surface area contributed by atoms with Crippen molar-refractivity contribution in [2.45, 2.75) is 31.7 Å². The molecule has 1 heterocycles. The van der Waals surface area contributed by atoms with E-state index in [1.54, 1.807) is 7.11 Å². The number of benzene rings is 1. The van der Waals surface area contributed by atoms with Crippen LogP contribution in [0.15, 0.2) is 24.3 Å². The third-order valence-electron chi connectivity index (χ3n) is 3.03. The Bertz CT molecular complexity index is 305. The van der Waals surface area contributed by atoms with Crippen molar-refractivity contribution in [1.29, 1.82) is 0 Å². The van der Waals surface area contributed by atoms with E-state index in [9.17, 15) is 0 Å². The summed E-state index contributed by atoms with van der Waals surface area (Å²) in [6.07, 6.45) is 5.12. The molecule has 0 amide bonds. The molecule has 1 aliphatic rings. The number of nitrogens with one attached hydrogen (secondary N) is 1. The normalized spacial score (nSPS) is 21.3. The highest BCUT2D eigenvalue weighted by atomic mass is 16.5. The zero-order chi connectivity index (χ0) is 10.5. The molecule has 1 aromatic carbocycles. The topological polar surface area (TPSA) is 21.3 Å². The highest BCUT2D eigenvalue weighted by Crippen LogP contribution is 2.17. The molecule has 0 bridgehead atoms. The third kappa shape index (κ3) is 2.96. The van der Waals surface area contributed by atoms with Gasteiger partial charge in [0.1, 0.15) is 5.75 Å². The second-order valence-corrected chi connectivity index (χ2v) is 4.20. The molecule has 1 fully saturated rings. The molecule has 82 valence electrons. The zero-order valence-corrected chi connectivity index (χ0v) is 9.33. The molecule has 2 nitrogen and oxygen atoms in total. The van der Waals surface area contributed by atoms with Gasteiger partial charge in [-0.3, -0.25) is 0 Å². The van der Waals surface area contributed by atoms with Crippen molar-refractivity contribution in [3.05, 3.63) is 29.8 Å². The fraction of sp³-hybridized carbons (Fsp3) is 0.538. The summed E-state index contributed by atoms with van der Waals surface area (Å²) < 4.78 is 5.22. The van der Waals surface area contributed by atoms with Crippen molar-refractivity contribution >= 4 is 0 Å². The first-order valence-electron chi connectivity index (χ1n) is 5.75. The van der Waals surface area contributed by atoms with Crippen molar-refractivity contribution < 1.29 is 4.74 Å². The first-order chi connectivity index (χ1) is 7.38. The van der Waals surface area contributed by atoms with Gasteiger partial charge >= 0.3 is 0 Å². The van der Waals surface area contributed by atoms with E-state index in [1.807, 2.05) is 6.07 Å². The maximum absolute atomic E-state index is 5.22. The predicted octanol–water partition coefficient (Wildman–Crippen LogP) is 2.38. The Morgan fingerprint density at radius 1 is 1.40 bits per heavy atom. The average Bonchev–Trinajstić information content (AvgIpc) is 2.31. The maximum Gasteiger partial charge on any atom is 0.119 e. The lowest BCUT2D eigenvalue weighted by molar-refractivity contribution is 0.396. The third-order valence-corrected chi connectivity index (χ3v) is 3.03. The first kappa shape index (κ1) is 10.5. The van der Waals surface area contributed by atoms with Crippen molar-refractivity contribution in [1.82, 2.24) is 5.32 Å². The molecule has 0 aliphatic carbocycles. The summed E-state index contributed by atoms with van der Waals surface area (Å²) in [7, 11) is 1.72. The minimum Gasteiger partial charge on any atom is -0.497 e. The Kier molecular flexibility index (Phi) is 3.62. The van der Waals surface area contributed by atoms with Gasteiger partial charge in [0.25, 0.3) is 0 Å². The smallest absolute Gasteiger partial charge is 0.119 e. The molecular weight excluding hydrogens is 186 g/mol. The van der Waals surface area contributed by atoms with Gasteiger partial charge in [0.05, 0.1) is 7.11 Å². The quantitative estimate of drug-likeness (QED) is 0.818. The van der Waals surface area contributed by atoms with Gasteiger partial charge in [-0.2, -0.15) is 0 Å². The molecule has 1 N–H and O–H groups in total. The molecule has 1 aliphatic heterocycles. The first-order valence-corrected chi connectivity index (χ1v) is 5.75. The average molecular weight is 205 g/mol. The molecule has 0 saturated carbocycles. The lowest BCUT2D eigenvalue weighted by Crippen LogP contribution is -2.35. The molecule has 2 heteroatoms. The summed E-state index contributed by atoms with van der Waals surface area (Å²) in [6, 6.07) is 9.04. The van der Waals surface area contributed by atoms with Crippen LogP contribution in [0.2, 0.25) is 0 Å². The van der Waals surface area contributed by atoms with E-state index in [2.05, 4.69) is 23.5 Å². The van der Waals surface area contributed by atoms with Crippen molar-refractivity contribution in [3.8, 4) is 5.75 Å². The summed E-state index contributed by atoms with van der Waals surface area (Å²) in [5.41, 5.74) is 1.37. The SMILES string of the molecule is COc1cccc(C[C@H]2CCCCN2)c1. The minimum atomic E-state index is 0.658. The van der Waals surface area contributed by atoms with Crippen molar-refractivity contribution in [2.24, 2.45) is 0 Å². The van der Waals surface area contributed by atoms with Gasteiger partial charge in [-0.05, 0) is 43.5 Å². The molecular formula is C13H19NO. The number of hydrogen-bond acceptors (Lipinski definition) is 2. The number of ether oxygens (including phenoxy) is 1. The Balaban J connectivity index is 1.96. The Morgan fingerprint density at radius 3 is 3.07 bits per heavy atom. The lowest BCUT2D eigenvalue weighted by atomic mass is 9.98. The van der Waals surface area contributed by atoms with Crippen LogP contribution in [0.5, 0.6) is 5.75 Å². The van der Waals surface area contributed by atoms with Gasteiger partial charge in [0.2, 0.25) is 0 Å². The molecule has 0 unspecified atom stereocenters. The lowest BCUT2D eigenvalue weighted by Gasteiger charge is -2.23. The molecule has 0 aromatic heterocycles. The summed E-state index contributed by atoms with van der Waals surface area (Å²) in [4.78, 5) is 0. The van der Waals surface area contributed by atoms with Crippen LogP contribution in [0.1, 0.15) is 24.8 Å². The predicted molar refractivity (Wildman–Crippen MR) is 62.3 cm³/mol. The van der Waals surface area contributed by atoms with Gasteiger partial charge in [-0.15, -0.1) is 0 Å². The van der Waals surface area contributed by atoms with E-state index in [-0.39, 0.29) is 0 Å². The van der Waals surface area contributed by atoms with Gasteiger partial charge in [-0.25, -0.2) is 0 Å². The second kappa shape index (κ2) is 5.17. The molecule has 1 saturated heterocycles. The highest BCUT2D eigenvalue weighted by Gasteiger charge is 2.12. The number of hydrogen-bond donors (Lipinski definition) is 1. The Hall–Kier alpha value is -1.02. The van der Waals surface area contributed by atoms with Gasteiger partial charge in [0, 0.05) is 6.04 Å². The fourth-order valence-electron chi connectivity index (χ4n) is 2.18. The molecule has 0 spiro atoms. The van der Waals surface area contributed by atoms with E-state index < -0.39 is 0 Å². The fourth-order valence-corrected chi connectivity index (χ4v) is 2.18. The number of piperidine rings is 1. The molecule has 1 aromatic rings. The minimum absolute atomic E-state index is 0.658. The second-order valence-electron chi connectivity index (χ2n) is 4.20. The molecule has 2 rings (SSSR count). The van der Waals surface area contributed by atoms with Crippen molar-refractivity contribution in [2.75, 3.05) is 13.7 Å². The Labute approximate surface area is 91.6 Å². The van der Waals surface area contributed by atoms with E-state index in [1.165, 1.54) is 31.4 Å². The van der Waals surface area contributed by atoms with Crippen LogP contribution in [-0.4, -0.2) is 19.7 Å². The Morgan fingerprint density at radius 2 is 2.33 bits per heavy atom. The molecule has 1 atom stereocenters. The van der Waals surface area contributed by atoms with E-state index in [4.69, 9.17) is 4.74 Å². The highest BCUT2D eigenvalue weighted by molar-refractivity contribution is 5.28. The monoisotopic (exact) mass is 205 g/mol. The van der Waals surface area contributed by atoms with Crippen LogP contribution in [0.4, 0.5) is 0 Å². The summed E-state index contributed by atoms with van der Waals surface area (Å²) >= 11 is 0. The van der Waals surface area contributed by atoms with Crippen LogP contribution in [0.3, 0.4) is 0 Å². The summed E-state index contributed by atoms with van der Waals surface area (Å²) in [6.45, 7) is 1.18. The standard InChI is InChI=1S/C13H19NO/c1-15-13-7-4-5-11(10-13)9-12-6-2-3-8-14-12/h4-5,7,10,12,14H,2-3,6,8-9H2,1H3/t12-/m1/s1. The van der Waals surface area contributed by atoms with E-state index >= 15 is 0 Å². The molecule has 15 heavy (non-hydrogen) atoms. The number of rotatable bonds is 3. The van der Waals surface area contributed by atoms with Crippen LogP contribution >= 0.6 is 0 Å². The number of methoxy groups -OCH3 is 1. The van der Waals surface area contributed by atoms with Crippen LogP contribution in [0.25, 0.3) is 0 Å². The zero-order valence-electron chi connectivity index (χ0n) is 9.33. The van der Waals surface area contributed by atoms with Crippen LogP contribution in [-0.2, 0) is 6.42 Å². The van der Waals surface area contributed by atoms with Gasteiger partial charge in [-0.1, -0.05) is 18.6 Å². The van der Waals surface area contributed by atoms with Gasteiger partial charge in [0.15, 0.2) is 0 Å². The van der Waals surface area contributed by atoms with Crippen LogP contribution in [0, 0.1) is 0 Å². The van der Waals surface area contributed by atoms with Gasteiger partial charge < -0.3 is 10.1 Å². The summed E-state index contributed by atoms with van der Waals surface area (Å²) in [5.74, 6) is 0.961. The largest absolute Gasteiger partial charge is 0.497 e. The van der Waals surface area contributed by atoms with Crippen LogP contribution < -0.4 is 10.1 Å². The maximum atomic E-state index is 5.22. The molecule has 0 radical (unpaired) electrons.